The average molecular weight is 226 g/mol. The minimum absolute atomic E-state index is 0.183. The Morgan fingerprint density at radius 2 is 2.27 bits per heavy atom. The van der Waals surface area contributed by atoms with Crippen molar-refractivity contribution in [2.24, 2.45) is 0 Å². The molecule has 0 bridgehead atoms. The number of nitrogens with zero attached hydrogens (tertiary/aromatic N) is 1. The zero-order valence-electron chi connectivity index (χ0n) is 7.98. The van der Waals surface area contributed by atoms with Gasteiger partial charge in [0.15, 0.2) is 5.82 Å². The first-order chi connectivity index (χ1) is 7.08. The molecule has 0 aliphatic heterocycles. The zero-order valence-corrected chi connectivity index (χ0v) is 8.80. The molecule has 0 unspecified atom stereocenters. The summed E-state index contributed by atoms with van der Waals surface area (Å²) in [6.45, 7) is 1.79. The van der Waals surface area contributed by atoms with Crippen LogP contribution in [0.2, 0.25) is 0 Å². The van der Waals surface area contributed by atoms with Crippen LogP contribution in [0.4, 0.5) is 5.82 Å². The standard InChI is InChI=1S/C8H10N4O2S/c1-6-4-8(11-10-6)12-15(13,14)7-2-3-9-5-7/h2-5,9H,1H3,(H2,10,11,12). The van der Waals surface area contributed by atoms with Crippen LogP contribution in [0, 0.1) is 6.92 Å². The van der Waals surface area contributed by atoms with Gasteiger partial charge < -0.3 is 4.98 Å². The van der Waals surface area contributed by atoms with Gasteiger partial charge in [0, 0.05) is 24.2 Å². The molecule has 2 aromatic heterocycles. The minimum atomic E-state index is -3.52. The van der Waals surface area contributed by atoms with Crippen molar-refractivity contribution in [2.75, 3.05) is 4.72 Å². The SMILES string of the molecule is Cc1cc(NS(=O)(=O)c2cc[nH]c2)n[nH]1. The van der Waals surface area contributed by atoms with Crippen LogP contribution < -0.4 is 4.72 Å². The molecule has 0 saturated carbocycles. The molecule has 0 amide bonds. The second-order valence-electron chi connectivity index (χ2n) is 3.09. The number of nitrogens with one attached hydrogen (secondary N) is 3. The Morgan fingerprint density at radius 1 is 1.47 bits per heavy atom. The van der Waals surface area contributed by atoms with Gasteiger partial charge in [-0.3, -0.25) is 9.82 Å². The van der Waals surface area contributed by atoms with E-state index in [1.165, 1.54) is 12.3 Å². The molecule has 6 nitrogen and oxygen atoms in total. The molecular weight excluding hydrogens is 216 g/mol. The number of sulfonamides is 1. The predicted octanol–water partition coefficient (Wildman–Crippen LogP) is 0.847. The van der Waals surface area contributed by atoms with Crippen LogP contribution in [-0.2, 0) is 10.0 Å². The molecule has 2 rings (SSSR count). The van der Waals surface area contributed by atoms with Gasteiger partial charge in [0.1, 0.15) is 4.90 Å². The predicted molar refractivity (Wildman–Crippen MR) is 54.9 cm³/mol. The molecule has 3 N–H and O–H groups in total. The van der Waals surface area contributed by atoms with Gasteiger partial charge in [-0.15, -0.1) is 0 Å². The highest BCUT2D eigenvalue weighted by Gasteiger charge is 2.15. The maximum absolute atomic E-state index is 11.7. The first-order valence-electron chi connectivity index (χ1n) is 4.25. The number of hydrogen-bond acceptors (Lipinski definition) is 3. The molecule has 0 fully saturated rings. The van der Waals surface area contributed by atoms with Crippen LogP contribution in [0.5, 0.6) is 0 Å². The van der Waals surface area contributed by atoms with Gasteiger partial charge in [-0.25, -0.2) is 8.42 Å². The summed E-state index contributed by atoms with van der Waals surface area (Å²) in [7, 11) is -3.52. The second-order valence-corrected chi connectivity index (χ2v) is 4.77. The lowest BCUT2D eigenvalue weighted by Gasteiger charge is -2.01. The van der Waals surface area contributed by atoms with E-state index in [4.69, 9.17) is 0 Å². The molecule has 0 aliphatic carbocycles. The third-order valence-corrected chi connectivity index (χ3v) is 3.18. The molecule has 0 aromatic carbocycles. The number of anilines is 1. The van der Waals surface area contributed by atoms with Gasteiger partial charge in [-0.1, -0.05) is 0 Å². The highest BCUT2D eigenvalue weighted by Crippen LogP contribution is 2.13. The molecule has 0 aliphatic rings. The van der Waals surface area contributed by atoms with Crippen molar-refractivity contribution in [3.05, 3.63) is 30.2 Å². The monoisotopic (exact) mass is 226 g/mol. The summed E-state index contributed by atoms with van der Waals surface area (Å²) in [5.41, 5.74) is 0.793. The first-order valence-corrected chi connectivity index (χ1v) is 5.74. The minimum Gasteiger partial charge on any atom is -0.366 e. The van der Waals surface area contributed by atoms with E-state index in [0.717, 1.165) is 5.69 Å². The molecule has 2 aromatic rings. The van der Waals surface area contributed by atoms with E-state index in [1.54, 1.807) is 19.2 Å². The third-order valence-electron chi connectivity index (χ3n) is 1.82. The summed E-state index contributed by atoms with van der Waals surface area (Å²) in [4.78, 5) is 2.86. The molecule has 7 heteroatoms. The fourth-order valence-corrected chi connectivity index (χ4v) is 2.11. The van der Waals surface area contributed by atoms with Crippen LogP contribution in [-0.4, -0.2) is 23.6 Å². The number of aromatic nitrogens is 3. The van der Waals surface area contributed by atoms with Crippen molar-refractivity contribution in [3.63, 3.8) is 0 Å². The summed E-state index contributed by atoms with van der Waals surface area (Å²) in [6.07, 6.45) is 2.95. The van der Waals surface area contributed by atoms with Gasteiger partial charge in [-0.2, -0.15) is 5.10 Å². The maximum atomic E-state index is 11.7. The van der Waals surface area contributed by atoms with Gasteiger partial charge in [0.25, 0.3) is 10.0 Å². The van der Waals surface area contributed by atoms with Crippen molar-refractivity contribution >= 4 is 15.8 Å². The lowest BCUT2D eigenvalue weighted by Crippen LogP contribution is -2.12. The largest absolute Gasteiger partial charge is 0.366 e. The molecule has 0 spiro atoms. The lowest BCUT2D eigenvalue weighted by atomic mass is 10.5. The normalized spacial score (nSPS) is 11.5. The number of rotatable bonds is 3. The van der Waals surface area contributed by atoms with Crippen LogP contribution in [0.15, 0.2) is 29.4 Å². The summed E-state index contributed by atoms with van der Waals surface area (Å²) < 4.78 is 25.7. The van der Waals surface area contributed by atoms with Gasteiger partial charge in [0.05, 0.1) is 0 Å². The van der Waals surface area contributed by atoms with E-state index in [9.17, 15) is 8.42 Å². The van der Waals surface area contributed by atoms with Crippen LogP contribution >= 0.6 is 0 Å². The number of H-pyrrole nitrogens is 2. The van der Waals surface area contributed by atoms with Crippen molar-refractivity contribution in [2.45, 2.75) is 11.8 Å². The van der Waals surface area contributed by atoms with Crippen LogP contribution in [0.1, 0.15) is 5.69 Å². The average Bonchev–Trinajstić information content (AvgIpc) is 2.75. The fourth-order valence-electron chi connectivity index (χ4n) is 1.14. The summed E-state index contributed by atoms with van der Waals surface area (Å²) in [6, 6.07) is 3.09. The van der Waals surface area contributed by atoms with Crippen LogP contribution in [0.3, 0.4) is 0 Å². The zero-order chi connectivity index (χ0) is 10.9. The number of aryl methyl sites for hydroxylation is 1. The molecule has 0 atom stereocenters. The Bertz CT molecular complexity index is 541. The quantitative estimate of drug-likeness (QED) is 0.724. The Balaban J connectivity index is 2.26. The van der Waals surface area contributed by atoms with E-state index < -0.39 is 10.0 Å². The smallest absolute Gasteiger partial charge is 0.264 e. The molecular formula is C8H10N4O2S. The van der Waals surface area contributed by atoms with Crippen molar-refractivity contribution in [3.8, 4) is 0 Å². The lowest BCUT2D eigenvalue weighted by molar-refractivity contribution is 0.601. The van der Waals surface area contributed by atoms with Crippen LogP contribution in [0.25, 0.3) is 0 Å². The second kappa shape index (κ2) is 3.43. The molecule has 80 valence electrons. The van der Waals surface area contributed by atoms with Gasteiger partial charge in [0.2, 0.25) is 0 Å². The van der Waals surface area contributed by atoms with Crippen molar-refractivity contribution < 1.29 is 8.42 Å². The van der Waals surface area contributed by atoms with E-state index >= 15 is 0 Å². The maximum Gasteiger partial charge on any atom is 0.264 e. The number of aromatic amines is 2. The Hall–Kier alpha value is -1.76. The van der Waals surface area contributed by atoms with Crippen molar-refractivity contribution in [1.29, 1.82) is 0 Å². The van der Waals surface area contributed by atoms with E-state index in [1.807, 2.05) is 0 Å². The Labute approximate surface area is 86.8 Å². The van der Waals surface area contributed by atoms with E-state index in [0.29, 0.717) is 0 Å². The molecule has 0 saturated heterocycles. The highest BCUT2D eigenvalue weighted by molar-refractivity contribution is 7.92. The Kier molecular flexibility index (Phi) is 2.24. The summed E-state index contributed by atoms with van der Waals surface area (Å²) in [5, 5.41) is 6.44. The van der Waals surface area contributed by atoms with Gasteiger partial charge in [-0.05, 0) is 13.0 Å². The van der Waals surface area contributed by atoms with Crippen molar-refractivity contribution in [1.82, 2.24) is 15.2 Å². The van der Waals surface area contributed by atoms with Gasteiger partial charge >= 0.3 is 0 Å². The fraction of sp³-hybridized carbons (Fsp3) is 0.125. The molecule has 15 heavy (non-hydrogen) atoms. The third kappa shape index (κ3) is 2.01. The summed E-state index contributed by atoms with van der Waals surface area (Å²) in [5.74, 6) is 0.286. The first kappa shape index (κ1) is 9.78. The van der Waals surface area contributed by atoms with E-state index in [2.05, 4.69) is 19.9 Å². The summed E-state index contributed by atoms with van der Waals surface area (Å²) >= 11 is 0. The highest BCUT2D eigenvalue weighted by atomic mass is 32.2. The topological polar surface area (TPSA) is 90.6 Å². The molecule has 2 heterocycles. The van der Waals surface area contributed by atoms with E-state index in [-0.39, 0.29) is 10.7 Å². The molecule has 0 radical (unpaired) electrons. The Morgan fingerprint density at radius 3 is 2.80 bits per heavy atom. The number of hydrogen-bond donors (Lipinski definition) is 3.